The van der Waals surface area contributed by atoms with E-state index in [4.69, 9.17) is 4.74 Å². The molecule has 3 heterocycles. The van der Waals surface area contributed by atoms with E-state index in [9.17, 15) is 4.39 Å². The monoisotopic (exact) mass is 329 g/mol. The molecule has 118 valence electrons. The second-order valence-electron chi connectivity index (χ2n) is 5.60. The van der Waals surface area contributed by atoms with Crippen LogP contribution in [0.25, 0.3) is 10.9 Å². The highest BCUT2D eigenvalue weighted by Crippen LogP contribution is 2.26. The molecule has 0 saturated carbocycles. The average Bonchev–Trinajstić information content (AvgIpc) is 3.09. The third-order valence-corrected chi connectivity index (χ3v) is 4.89. The number of ether oxygens (including phenoxy) is 1. The lowest BCUT2D eigenvalue weighted by Gasteiger charge is -2.32. The number of morpholine rings is 1. The Bertz CT molecular complexity index is 809. The van der Waals surface area contributed by atoms with E-state index in [1.54, 1.807) is 29.8 Å². The van der Waals surface area contributed by atoms with Gasteiger partial charge in [0.1, 0.15) is 16.9 Å². The van der Waals surface area contributed by atoms with Crippen LogP contribution in [0.5, 0.6) is 0 Å². The standard InChI is InChI=1S/C17H16FN3OS/c18-14-8-12-2-1-3-19-16(12)13(9-14)10-21-5-6-22-15(11-21)17-20-4-7-23-17/h1-4,7-9,15H,5-6,10-11H2/t15-/m0/s1. The zero-order chi connectivity index (χ0) is 15.6. The zero-order valence-electron chi connectivity index (χ0n) is 12.5. The van der Waals surface area contributed by atoms with Crippen molar-refractivity contribution in [3.63, 3.8) is 0 Å². The molecule has 2 aromatic heterocycles. The van der Waals surface area contributed by atoms with Crippen molar-refractivity contribution < 1.29 is 9.13 Å². The van der Waals surface area contributed by atoms with Gasteiger partial charge in [-0.1, -0.05) is 6.07 Å². The topological polar surface area (TPSA) is 38.2 Å². The van der Waals surface area contributed by atoms with E-state index in [2.05, 4.69) is 14.9 Å². The highest BCUT2D eigenvalue weighted by Gasteiger charge is 2.24. The first-order valence-electron chi connectivity index (χ1n) is 7.56. The fourth-order valence-corrected chi connectivity index (χ4v) is 3.66. The van der Waals surface area contributed by atoms with Crippen LogP contribution in [0.4, 0.5) is 4.39 Å². The lowest BCUT2D eigenvalue weighted by Crippen LogP contribution is -2.37. The molecule has 0 bridgehead atoms. The van der Waals surface area contributed by atoms with Crippen molar-refractivity contribution in [2.24, 2.45) is 0 Å². The number of pyridine rings is 1. The van der Waals surface area contributed by atoms with E-state index in [1.165, 1.54) is 6.07 Å². The van der Waals surface area contributed by atoms with Crippen molar-refractivity contribution in [1.82, 2.24) is 14.9 Å². The van der Waals surface area contributed by atoms with Crippen LogP contribution in [0.1, 0.15) is 16.7 Å². The number of hydrogen-bond donors (Lipinski definition) is 0. The molecule has 4 rings (SSSR count). The average molecular weight is 329 g/mol. The molecule has 3 aromatic rings. The predicted molar refractivity (Wildman–Crippen MR) is 87.8 cm³/mol. The Hall–Kier alpha value is -1.89. The molecule has 0 radical (unpaired) electrons. The molecular weight excluding hydrogens is 313 g/mol. The van der Waals surface area contributed by atoms with Crippen LogP contribution >= 0.6 is 11.3 Å². The quantitative estimate of drug-likeness (QED) is 0.738. The molecule has 1 fully saturated rings. The summed E-state index contributed by atoms with van der Waals surface area (Å²) in [6, 6.07) is 6.85. The number of hydrogen-bond acceptors (Lipinski definition) is 5. The van der Waals surface area contributed by atoms with Gasteiger partial charge in [-0.3, -0.25) is 9.88 Å². The van der Waals surface area contributed by atoms with Crippen molar-refractivity contribution in [2.45, 2.75) is 12.6 Å². The molecule has 1 aromatic carbocycles. The normalized spacial score (nSPS) is 19.3. The van der Waals surface area contributed by atoms with Crippen LogP contribution in [-0.4, -0.2) is 34.6 Å². The van der Waals surface area contributed by atoms with Gasteiger partial charge < -0.3 is 4.74 Å². The van der Waals surface area contributed by atoms with Crippen molar-refractivity contribution in [2.75, 3.05) is 19.7 Å². The van der Waals surface area contributed by atoms with E-state index >= 15 is 0 Å². The summed E-state index contributed by atoms with van der Waals surface area (Å²) in [5, 5.41) is 3.80. The summed E-state index contributed by atoms with van der Waals surface area (Å²) in [6.07, 6.45) is 3.55. The Balaban J connectivity index is 1.58. The highest BCUT2D eigenvalue weighted by molar-refractivity contribution is 7.09. The minimum atomic E-state index is -0.217. The van der Waals surface area contributed by atoms with Gasteiger partial charge in [-0.25, -0.2) is 9.37 Å². The molecule has 4 nitrogen and oxygen atoms in total. The number of aromatic nitrogens is 2. The first-order valence-corrected chi connectivity index (χ1v) is 8.44. The third kappa shape index (κ3) is 3.10. The molecule has 6 heteroatoms. The predicted octanol–water partition coefficient (Wildman–Crippen LogP) is 3.40. The van der Waals surface area contributed by atoms with E-state index in [1.807, 2.05) is 17.5 Å². The van der Waals surface area contributed by atoms with E-state index < -0.39 is 0 Å². The van der Waals surface area contributed by atoms with E-state index in [0.717, 1.165) is 34.6 Å². The third-order valence-electron chi connectivity index (χ3n) is 4.02. The number of benzene rings is 1. The maximum atomic E-state index is 13.9. The van der Waals surface area contributed by atoms with Gasteiger partial charge >= 0.3 is 0 Å². The zero-order valence-corrected chi connectivity index (χ0v) is 13.3. The van der Waals surface area contributed by atoms with E-state index in [0.29, 0.717) is 13.2 Å². The molecular formula is C17H16FN3OS. The molecule has 1 atom stereocenters. The van der Waals surface area contributed by atoms with Gasteiger partial charge in [0.05, 0.1) is 12.1 Å². The van der Waals surface area contributed by atoms with Crippen LogP contribution < -0.4 is 0 Å². The summed E-state index contributed by atoms with van der Waals surface area (Å²) >= 11 is 1.61. The smallest absolute Gasteiger partial charge is 0.124 e. The van der Waals surface area contributed by atoms with Gasteiger partial charge in [-0.2, -0.15) is 0 Å². The van der Waals surface area contributed by atoms with Gasteiger partial charge in [0.15, 0.2) is 0 Å². The Morgan fingerprint density at radius 3 is 3.13 bits per heavy atom. The summed E-state index contributed by atoms with van der Waals surface area (Å²) < 4.78 is 19.7. The maximum Gasteiger partial charge on any atom is 0.124 e. The molecule has 23 heavy (non-hydrogen) atoms. The first-order chi connectivity index (χ1) is 11.3. The number of halogens is 1. The molecule has 1 aliphatic heterocycles. The number of nitrogens with zero attached hydrogens (tertiary/aromatic N) is 3. The van der Waals surface area contributed by atoms with Crippen LogP contribution in [0.15, 0.2) is 42.0 Å². The van der Waals surface area contributed by atoms with Crippen LogP contribution in [0, 0.1) is 5.82 Å². The molecule has 0 N–H and O–H groups in total. The number of thiazole rings is 1. The summed E-state index contributed by atoms with van der Waals surface area (Å²) in [5.41, 5.74) is 1.78. The van der Waals surface area contributed by atoms with E-state index in [-0.39, 0.29) is 11.9 Å². The molecule has 1 aliphatic rings. The van der Waals surface area contributed by atoms with Crippen molar-refractivity contribution in [1.29, 1.82) is 0 Å². The first kappa shape index (κ1) is 14.7. The Morgan fingerprint density at radius 2 is 2.26 bits per heavy atom. The lowest BCUT2D eigenvalue weighted by atomic mass is 10.1. The van der Waals surface area contributed by atoms with Crippen molar-refractivity contribution in [3.8, 4) is 0 Å². The van der Waals surface area contributed by atoms with Gasteiger partial charge in [-0.05, 0) is 23.8 Å². The van der Waals surface area contributed by atoms with Crippen molar-refractivity contribution >= 4 is 22.2 Å². The van der Waals surface area contributed by atoms with Crippen LogP contribution in [-0.2, 0) is 11.3 Å². The number of rotatable bonds is 3. The molecule has 0 spiro atoms. The fourth-order valence-electron chi connectivity index (χ4n) is 2.98. The maximum absolute atomic E-state index is 13.9. The summed E-state index contributed by atoms with van der Waals surface area (Å²) in [7, 11) is 0. The number of fused-ring (bicyclic) bond motifs is 1. The molecule has 0 aliphatic carbocycles. The van der Waals surface area contributed by atoms with Crippen molar-refractivity contribution in [3.05, 3.63) is 58.4 Å². The van der Waals surface area contributed by atoms with Crippen LogP contribution in [0.2, 0.25) is 0 Å². The van der Waals surface area contributed by atoms with Gasteiger partial charge in [0, 0.05) is 42.8 Å². The minimum absolute atomic E-state index is 0.00321. The second-order valence-corrected chi connectivity index (χ2v) is 6.53. The summed E-state index contributed by atoms with van der Waals surface area (Å²) in [6.45, 7) is 2.91. The Kier molecular flexibility index (Phi) is 4.03. The highest BCUT2D eigenvalue weighted by atomic mass is 32.1. The molecule has 1 saturated heterocycles. The fraction of sp³-hybridized carbons (Fsp3) is 0.294. The Labute approximate surface area is 137 Å². The summed E-state index contributed by atoms with van der Waals surface area (Å²) in [5.74, 6) is -0.217. The Morgan fingerprint density at radius 1 is 1.30 bits per heavy atom. The molecule has 0 unspecified atom stereocenters. The van der Waals surface area contributed by atoms with Gasteiger partial charge in [0.2, 0.25) is 0 Å². The largest absolute Gasteiger partial charge is 0.368 e. The SMILES string of the molecule is Fc1cc(CN2CCO[C@H](c3nccs3)C2)c2ncccc2c1. The lowest BCUT2D eigenvalue weighted by molar-refractivity contribution is -0.0329. The van der Waals surface area contributed by atoms with Crippen LogP contribution in [0.3, 0.4) is 0 Å². The summed E-state index contributed by atoms with van der Waals surface area (Å²) in [4.78, 5) is 11.0. The van der Waals surface area contributed by atoms with Gasteiger partial charge in [-0.15, -0.1) is 11.3 Å². The second kappa shape index (κ2) is 6.31. The van der Waals surface area contributed by atoms with Gasteiger partial charge in [0.25, 0.3) is 0 Å². The minimum Gasteiger partial charge on any atom is -0.368 e. The molecule has 0 amide bonds.